The van der Waals surface area contributed by atoms with Gasteiger partial charge in [-0.2, -0.15) is 4.99 Å². The molecule has 0 unspecified atom stereocenters. The molecule has 1 aromatic heterocycles. The highest BCUT2D eigenvalue weighted by atomic mass is 32.1. The van der Waals surface area contributed by atoms with Gasteiger partial charge in [-0.3, -0.25) is 14.9 Å². The molecular weight excluding hydrogens is 398 g/mol. The van der Waals surface area contributed by atoms with E-state index in [9.17, 15) is 14.9 Å². The van der Waals surface area contributed by atoms with Gasteiger partial charge in [-0.15, -0.1) is 6.42 Å². The van der Waals surface area contributed by atoms with Crippen molar-refractivity contribution in [3.8, 4) is 12.3 Å². The standard InChI is InChI=1S/C23H15N3O3S/c1-2-15-25-20-13-10-17-5-3-4-6-19(17)22(20)30-23(25)24-21(27)14-9-16-7-11-18(12-8-16)26(28)29/h1,3-14H,15H2/b14-9-,24-23?. The van der Waals surface area contributed by atoms with Crippen molar-refractivity contribution in [3.63, 3.8) is 0 Å². The number of rotatable bonds is 4. The molecule has 0 aliphatic carbocycles. The third-order valence-electron chi connectivity index (χ3n) is 4.55. The van der Waals surface area contributed by atoms with Crippen LogP contribution in [0.2, 0.25) is 0 Å². The van der Waals surface area contributed by atoms with E-state index >= 15 is 0 Å². The highest BCUT2D eigenvalue weighted by Crippen LogP contribution is 2.27. The first-order valence-electron chi connectivity index (χ1n) is 9.02. The number of carbonyl (C=O) groups excluding carboxylic acids is 1. The van der Waals surface area contributed by atoms with E-state index in [1.807, 2.05) is 41.0 Å². The average molecular weight is 413 g/mol. The summed E-state index contributed by atoms with van der Waals surface area (Å²) >= 11 is 1.42. The summed E-state index contributed by atoms with van der Waals surface area (Å²) < 4.78 is 2.87. The van der Waals surface area contributed by atoms with E-state index in [-0.39, 0.29) is 5.69 Å². The normalized spacial score (nSPS) is 11.9. The van der Waals surface area contributed by atoms with Crippen LogP contribution in [0.4, 0.5) is 5.69 Å². The summed E-state index contributed by atoms with van der Waals surface area (Å²) in [6.07, 6.45) is 8.45. The quantitative estimate of drug-likeness (QED) is 0.213. The van der Waals surface area contributed by atoms with E-state index in [4.69, 9.17) is 6.42 Å². The Morgan fingerprint density at radius 2 is 1.93 bits per heavy atom. The average Bonchev–Trinajstić information content (AvgIpc) is 3.10. The van der Waals surface area contributed by atoms with Gasteiger partial charge in [0.1, 0.15) is 0 Å². The minimum absolute atomic E-state index is 0.00371. The number of carbonyl (C=O) groups is 1. The Kier molecular flexibility index (Phi) is 5.24. The number of hydrogen-bond acceptors (Lipinski definition) is 4. The van der Waals surface area contributed by atoms with Gasteiger partial charge in [0.15, 0.2) is 4.80 Å². The lowest BCUT2D eigenvalue weighted by Crippen LogP contribution is -2.15. The fourth-order valence-corrected chi connectivity index (χ4v) is 4.30. The molecule has 1 amide bonds. The first-order valence-corrected chi connectivity index (χ1v) is 9.84. The molecule has 0 spiro atoms. The number of thiazole rings is 1. The third kappa shape index (κ3) is 3.77. The first-order chi connectivity index (χ1) is 14.6. The van der Waals surface area contributed by atoms with Crippen molar-refractivity contribution in [2.45, 2.75) is 6.54 Å². The number of fused-ring (bicyclic) bond motifs is 3. The van der Waals surface area contributed by atoms with E-state index in [2.05, 4.69) is 10.9 Å². The van der Waals surface area contributed by atoms with Crippen LogP contribution in [0, 0.1) is 22.5 Å². The fourth-order valence-electron chi connectivity index (χ4n) is 3.13. The van der Waals surface area contributed by atoms with Gasteiger partial charge in [-0.05, 0) is 35.2 Å². The van der Waals surface area contributed by atoms with Gasteiger partial charge >= 0.3 is 0 Å². The number of nitro benzene ring substituents is 1. The first kappa shape index (κ1) is 19.3. The zero-order valence-corrected chi connectivity index (χ0v) is 16.5. The maximum absolute atomic E-state index is 12.4. The summed E-state index contributed by atoms with van der Waals surface area (Å²) in [4.78, 5) is 27.5. The molecule has 0 N–H and O–H groups in total. The second kappa shape index (κ2) is 8.15. The zero-order valence-electron chi connectivity index (χ0n) is 15.7. The number of nitrogens with zero attached hydrogens (tertiary/aromatic N) is 3. The third-order valence-corrected chi connectivity index (χ3v) is 5.68. The molecule has 0 atom stereocenters. The van der Waals surface area contributed by atoms with Crippen LogP contribution in [0.3, 0.4) is 0 Å². The van der Waals surface area contributed by atoms with Crippen LogP contribution in [-0.2, 0) is 11.3 Å². The number of aromatic nitrogens is 1. The van der Waals surface area contributed by atoms with Crippen LogP contribution < -0.4 is 4.80 Å². The molecule has 0 saturated heterocycles. The van der Waals surface area contributed by atoms with Crippen molar-refractivity contribution in [2.24, 2.45) is 4.99 Å². The molecule has 0 saturated carbocycles. The molecule has 6 nitrogen and oxygen atoms in total. The molecule has 4 rings (SSSR count). The number of non-ortho nitro benzene ring substituents is 1. The molecule has 1 heterocycles. The maximum Gasteiger partial charge on any atom is 0.272 e. The van der Waals surface area contributed by atoms with Gasteiger partial charge in [0.2, 0.25) is 0 Å². The Balaban J connectivity index is 1.73. The largest absolute Gasteiger partial charge is 0.305 e. The Hall–Kier alpha value is -4.02. The molecule has 7 heteroatoms. The van der Waals surface area contributed by atoms with Crippen LogP contribution in [0.1, 0.15) is 5.56 Å². The van der Waals surface area contributed by atoms with E-state index in [0.717, 1.165) is 21.0 Å². The molecule has 4 aromatic rings. The van der Waals surface area contributed by atoms with E-state index < -0.39 is 10.8 Å². The molecule has 0 fully saturated rings. The van der Waals surface area contributed by atoms with Crippen LogP contribution in [-0.4, -0.2) is 15.4 Å². The van der Waals surface area contributed by atoms with Crippen molar-refractivity contribution in [2.75, 3.05) is 0 Å². The summed E-state index contributed by atoms with van der Waals surface area (Å²) in [6.45, 7) is 0.302. The van der Waals surface area contributed by atoms with Gasteiger partial charge in [-0.25, -0.2) is 0 Å². The monoisotopic (exact) mass is 413 g/mol. The lowest BCUT2D eigenvalue weighted by Gasteiger charge is -2.01. The molecule has 0 aliphatic heterocycles. The number of hydrogen-bond donors (Lipinski definition) is 0. The topological polar surface area (TPSA) is 77.5 Å². The van der Waals surface area contributed by atoms with E-state index in [0.29, 0.717) is 16.9 Å². The van der Waals surface area contributed by atoms with Gasteiger partial charge in [-0.1, -0.05) is 47.6 Å². The molecular formula is C23H15N3O3S. The predicted octanol–water partition coefficient (Wildman–Crippen LogP) is 4.54. The van der Waals surface area contributed by atoms with Crippen LogP contribution in [0.5, 0.6) is 0 Å². The Labute approximate surface area is 175 Å². The van der Waals surface area contributed by atoms with E-state index in [1.54, 1.807) is 18.2 Å². The van der Waals surface area contributed by atoms with E-state index in [1.165, 1.54) is 29.5 Å². The van der Waals surface area contributed by atoms with Gasteiger partial charge in [0, 0.05) is 23.6 Å². The highest BCUT2D eigenvalue weighted by molar-refractivity contribution is 7.17. The maximum atomic E-state index is 12.4. The second-order valence-electron chi connectivity index (χ2n) is 6.44. The smallest absolute Gasteiger partial charge is 0.272 e. The molecule has 146 valence electrons. The number of benzene rings is 3. The van der Waals surface area contributed by atoms with Crippen molar-refractivity contribution in [1.82, 2.24) is 4.57 Å². The van der Waals surface area contributed by atoms with Gasteiger partial charge in [0.05, 0.1) is 21.7 Å². The molecule has 3 aromatic carbocycles. The molecule has 0 bridgehead atoms. The number of nitro groups is 1. The van der Waals surface area contributed by atoms with Crippen molar-refractivity contribution >= 4 is 50.0 Å². The zero-order chi connectivity index (χ0) is 21.1. The number of amides is 1. The fraction of sp³-hybridized carbons (Fsp3) is 0.0435. The SMILES string of the molecule is C#CCn1c(=NC(=O)/C=C\c2ccc([N+](=O)[O-])cc2)sc2c3ccccc3ccc21. The van der Waals surface area contributed by atoms with Crippen LogP contribution in [0.25, 0.3) is 27.1 Å². The van der Waals surface area contributed by atoms with Crippen molar-refractivity contribution in [1.29, 1.82) is 0 Å². The number of terminal acetylenes is 1. The Morgan fingerprint density at radius 1 is 1.17 bits per heavy atom. The Bertz CT molecular complexity index is 1420. The predicted molar refractivity (Wildman–Crippen MR) is 119 cm³/mol. The van der Waals surface area contributed by atoms with Crippen molar-refractivity contribution < 1.29 is 9.72 Å². The van der Waals surface area contributed by atoms with Crippen LogP contribution in [0.15, 0.2) is 71.7 Å². The minimum atomic E-state index is -0.469. The van der Waals surface area contributed by atoms with Gasteiger partial charge in [0.25, 0.3) is 11.6 Å². The molecule has 0 radical (unpaired) electrons. The molecule has 0 aliphatic rings. The summed E-state index contributed by atoms with van der Waals surface area (Å²) in [7, 11) is 0. The van der Waals surface area contributed by atoms with Gasteiger partial charge < -0.3 is 4.57 Å². The van der Waals surface area contributed by atoms with Crippen LogP contribution >= 0.6 is 11.3 Å². The summed E-state index contributed by atoms with van der Waals surface area (Å²) in [5, 5.41) is 12.9. The summed E-state index contributed by atoms with van der Waals surface area (Å²) in [5.74, 6) is 2.19. The van der Waals surface area contributed by atoms with Crippen molar-refractivity contribution in [3.05, 3.63) is 87.2 Å². The molecule has 30 heavy (non-hydrogen) atoms. The lowest BCUT2D eigenvalue weighted by molar-refractivity contribution is -0.384. The minimum Gasteiger partial charge on any atom is -0.305 e. The summed E-state index contributed by atoms with van der Waals surface area (Å²) in [6, 6.07) is 18.0. The highest BCUT2D eigenvalue weighted by Gasteiger charge is 2.09. The Morgan fingerprint density at radius 3 is 2.67 bits per heavy atom. The lowest BCUT2D eigenvalue weighted by atomic mass is 10.1. The summed E-state index contributed by atoms with van der Waals surface area (Å²) in [5.41, 5.74) is 1.60. The second-order valence-corrected chi connectivity index (χ2v) is 7.42.